The summed E-state index contributed by atoms with van der Waals surface area (Å²) in [5, 5.41) is 3.65. The number of hydrogen-bond acceptors (Lipinski definition) is 6. The van der Waals surface area contributed by atoms with Gasteiger partial charge in [0.2, 0.25) is 0 Å². The molecule has 1 aliphatic rings. The van der Waals surface area contributed by atoms with Gasteiger partial charge in [-0.05, 0) is 31.3 Å². The van der Waals surface area contributed by atoms with Crippen molar-refractivity contribution in [2.45, 2.75) is 19.8 Å². The second-order valence-corrected chi connectivity index (χ2v) is 4.91. The van der Waals surface area contributed by atoms with E-state index in [0.717, 1.165) is 24.4 Å². The molecule has 1 atom stereocenters. The third kappa shape index (κ3) is 2.84. The molecule has 0 aromatic carbocycles. The highest BCUT2D eigenvalue weighted by Crippen LogP contribution is 2.20. The lowest BCUT2D eigenvalue weighted by molar-refractivity contribution is -0.149. The number of aromatic nitrogens is 2. The van der Waals surface area contributed by atoms with Crippen molar-refractivity contribution in [2.24, 2.45) is 5.92 Å². The molecule has 1 aromatic rings. The molecule has 7 heteroatoms. The molecular weight excluding hydrogens is 254 g/mol. The van der Waals surface area contributed by atoms with Crippen molar-refractivity contribution in [3.63, 3.8) is 0 Å². The highest BCUT2D eigenvalue weighted by Gasteiger charge is 2.30. The molecular formula is C11H15N3O3S. The third-order valence-corrected chi connectivity index (χ3v) is 3.55. The molecule has 0 radical (unpaired) electrons. The summed E-state index contributed by atoms with van der Waals surface area (Å²) in [6, 6.07) is 0. The fraction of sp³-hybridized carbons (Fsp3) is 0.636. The van der Waals surface area contributed by atoms with E-state index in [1.807, 2.05) is 0 Å². The van der Waals surface area contributed by atoms with Crippen molar-refractivity contribution in [1.29, 1.82) is 0 Å². The lowest BCUT2D eigenvalue weighted by Gasteiger charge is -2.31. The fourth-order valence-corrected chi connectivity index (χ4v) is 2.52. The standard InChI is InChI=1S/C11H15N3O3S/c1-2-17-11(16)8-4-3-5-14(7-8)10(15)9-6-12-13-18-9/h6,8H,2-5,7H2,1H3. The predicted octanol–water partition coefficient (Wildman–Crippen LogP) is 0.953. The first kappa shape index (κ1) is 12.9. The molecule has 0 saturated carbocycles. The second-order valence-electron chi connectivity index (χ2n) is 4.12. The number of ether oxygens (including phenoxy) is 1. The smallest absolute Gasteiger partial charge is 0.310 e. The van der Waals surface area contributed by atoms with Gasteiger partial charge in [0.15, 0.2) is 0 Å². The van der Waals surface area contributed by atoms with Crippen molar-refractivity contribution in [3.8, 4) is 0 Å². The highest BCUT2D eigenvalue weighted by atomic mass is 32.1. The van der Waals surface area contributed by atoms with Crippen molar-refractivity contribution in [1.82, 2.24) is 14.5 Å². The van der Waals surface area contributed by atoms with Crippen LogP contribution in [0.15, 0.2) is 6.20 Å². The lowest BCUT2D eigenvalue weighted by atomic mass is 9.98. The minimum absolute atomic E-state index is 0.0981. The third-order valence-electron chi connectivity index (χ3n) is 2.90. The maximum absolute atomic E-state index is 12.1. The van der Waals surface area contributed by atoms with E-state index in [4.69, 9.17) is 4.74 Å². The molecule has 0 aliphatic carbocycles. The Morgan fingerprint density at radius 2 is 2.44 bits per heavy atom. The van der Waals surface area contributed by atoms with Crippen LogP contribution < -0.4 is 0 Å². The molecule has 0 bridgehead atoms. The molecule has 6 nitrogen and oxygen atoms in total. The highest BCUT2D eigenvalue weighted by molar-refractivity contribution is 7.07. The van der Waals surface area contributed by atoms with E-state index >= 15 is 0 Å². The van der Waals surface area contributed by atoms with Gasteiger partial charge < -0.3 is 9.64 Å². The maximum atomic E-state index is 12.1. The number of carbonyl (C=O) groups is 2. The number of amides is 1. The SMILES string of the molecule is CCOC(=O)C1CCCN(C(=O)c2cnns2)C1. The number of esters is 1. The summed E-state index contributed by atoms with van der Waals surface area (Å²) in [7, 11) is 0. The van der Waals surface area contributed by atoms with E-state index in [9.17, 15) is 9.59 Å². The van der Waals surface area contributed by atoms with Crippen LogP contribution in [0.2, 0.25) is 0 Å². The molecule has 1 saturated heterocycles. The Hall–Kier alpha value is -1.50. The molecule has 0 N–H and O–H groups in total. The van der Waals surface area contributed by atoms with Gasteiger partial charge >= 0.3 is 5.97 Å². The van der Waals surface area contributed by atoms with Crippen LogP contribution in [-0.4, -0.2) is 46.1 Å². The van der Waals surface area contributed by atoms with Crippen LogP contribution in [0, 0.1) is 5.92 Å². The van der Waals surface area contributed by atoms with E-state index < -0.39 is 0 Å². The topological polar surface area (TPSA) is 72.4 Å². The number of piperidine rings is 1. The summed E-state index contributed by atoms with van der Waals surface area (Å²) < 4.78 is 8.68. The van der Waals surface area contributed by atoms with Crippen LogP contribution in [0.5, 0.6) is 0 Å². The molecule has 98 valence electrons. The van der Waals surface area contributed by atoms with E-state index in [0.29, 0.717) is 24.6 Å². The van der Waals surface area contributed by atoms with E-state index in [2.05, 4.69) is 9.59 Å². The zero-order valence-corrected chi connectivity index (χ0v) is 11.0. The van der Waals surface area contributed by atoms with Crippen LogP contribution in [0.3, 0.4) is 0 Å². The molecule has 1 fully saturated rings. The van der Waals surface area contributed by atoms with Crippen LogP contribution in [0.1, 0.15) is 29.4 Å². The largest absolute Gasteiger partial charge is 0.466 e. The van der Waals surface area contributed by atoms with Crippen molar-refractivity contribution in [3.05, 3.63) is 11.1 Å². The summed E-state index contributed by atoms with van der Waals surface area (Å²) in [5.74, 6) is -0.514. The van der Waals surface area contributed by atoms with Crippen molar-refractivity contribution >= 4 is 23.4 Å². The van der Waals surface area contributed by atoms with E-state index in [-0.39, 0.29) is 17.8 Å². The Kier molecular flexibility index (Phi) is 4.24. The number of nitrogens with zero attached hydrogens (tertiary/aromatic N) is 3. The summed E-state index contributed by atoms with van der Waals surface area (Å²) in [6.07, 6.45) is 3.06. The number of rotatable bonds is 3. The molecule has 1 aliphatic heterocycles. The van der Waals surface area contributed by atoms with E-state index in [1.54, 1.807) is 11.8 Å². The van der Waals surface area contributed by atoms with Crippen LogP contribution >= 0.6 is 11.5 Å². The zero-order valence-electron chi connectivity index (χ0n) is 10.2. The lowest BCUT2D eigenvalue weighted by Crippen LogP contribution is -2.42. The van der Waals surface area contributed by atoms with Crippen LogP contribution in [-0.2, 0) is 9.53 Å². The van der Waals surface area contributed by atoms with Crippen molar-refractivity contribution < 1.29 is 14.3 Å². The molecule has 1 amide bonds. The molecule has 1 aromatic heterocycles. The first-order valence-corrected chi connectivity index (χ1v) is 6.73. The van der Waals surface area contributed by atoms with Gasteiger partial charge in [-0.15, -0.1) is 5.10 Å². The average molecular weight is 269 g/mol. The summed E-state index contributed by atoms with van der Waals surface area (Å²) in [4.78, 5) is 26.0. The Bertz CT molecular complexity index is 421. The molecule has 18 heavy (non-hydrogen) atoms. The Morgan fingerprint density at radius 3 is 3.11 bits per heavy atom. The number of hydrogen-bond donors (Lipinski definition) is 0. The summed E-state index contributed by atoms with van der Waals surface area (Å²) in [5.41, 5.74) is 0. The summed E-state index contributed by atoms with van der Waals surface area (Å²) in [6.45, 7) is 3.26. The first-order valence-electron chi connectivity index (χ1n) is 5.95. The van der Waals surface area contributed by atoms with Gasteiger partial charge in [0.05, 0.1) is 18.7 Å². The molecule has 2 heterocycles. The second kappa shape index (κ2) is 5.90. The molecule has 1 unspecified atom stereocenters. The monoisotopic (exact) mass is 269 g/mol. The fourth-order valence-electron chi connectivity index (χ4n) is 2.03. The normalized spacial score (nSPS) is 19.6. The minimum atomic E-state index is -0.211. The van der Waals surface area contributed by atoms with Gasteiger partial charge in [-0.25, -0.2) is 0 Å². The van der Waals surface area contributed by atoms with Crippen LogP contribution in [0.4, 0.5) is 0 Å². The number of likely N-dealkylation sites (tertiary alicyclic amines) is 1. The first-order chi connectivity index (χ1) is 8.72. The van der Waals surface area contributed by atoms with E-state index in [1.165, 1.54) is 6.20 Å². The summed E-state index contributed by atoms with van der Waals surface area (Å²) >= 11 is 1.08. The van der Waals surface area contributed by atoms with Gasteiger partial charge in [0.25, 0.3) is 5.91 Å². The van der Waals surface area contributed by atoms with Gasteiger partial charge in [-0.3, -0.25) is 9.59 Å². The Labute approximate surface area is 109 Å². The quantitative estimate of drug-likeness (QED) is 0.764. The van der Waals surface area contributed by atoms with Gasteiger partial charge in [-0.2, -0.15) is 0 Å². The predicted molar refractivity (Wildman–Crippen MR) is 65.2 cm³/mol. The van der Waals surface area contributed by atoms with Gasteiger partial charge in [0, 0.05) is 13.1 Å². The average Bonchev–Trinajstić information content (AvgIpc) is 2.92. The maximum Gasteiger partial charge on any atom is 0.310 e. The molecule has 2 rings (SSSR count). The van der Waals surface area contributed by atoms with Gasteiger partial charge in [-0.1, -0.05) is 4.49 Å². The van der Waals surface area contributed by atoms with Crippen molar-refractivity contribution in [2.75, 3.05) is 19.7 Å². The zero-order chi connectivity index (χ0) is 13.0. The minimum Gasteiger partial charge on any atom is -0.466 e. The Balaban J connectivity index is 1.98. The Morgan fingerprint density at radius 1 is 1.61 bits per heavy atom. The van der Waals surface area contributed by atoms with Crippen LogP contribution in [0.25, 0.3) is 0 Å². The van der Waals surface area contributed by atoms with Gasteiger partial charge in [0.1, 0.15) is 4.88 Å². The number of carbonyl (C=O) groups excluding carboxylic acids is 2. The molecule has 0 spiro atoms.